The minimum atomic E-state index is -0.808. The summed E-state index contributed by atoms with van der Waals surface area (Å²) < 4.78 is 11.3. The fraction of sp³-hybridized carbons (Fsp3) is 0.600. The van der Waals surface area contributed by atoms with Crippen molar-refractivity contribution in [2.24, 2.45) is 5.92 Å². The summed E-state index contributed by atoms with van der Waals surface area (Å²) in [6.07, 6.45) is 1.57. The first-order valence-corrected chi connectivity index (χ1v) is 10.0. The Hall–Kier alpha value is -2.52. The van der Waals surface area contributed by atoms with Crippen molar-refractivity contribution in [2.45, 2.75) is 31.8 Å². The zero-order valence-corrected chi connectivity index (χ0v) is 16.4. The third-order valence-corrected chi connectivity index (χ3v) is 5.31. The Labute approximate surface area is 169 Å². The van der Waals surface area contributed by atoms with Gasteiger partial charge in [-0.1, -0.05) is 0 Å². The Morgan fingerprint density at radius 3 is 2.83 bits per heavy atom. The summed E-state index contributed by atoms with van der Waals surface area (Å²) >= 11 is 0. The topological polar surface area (TPSA) is 134 Å². The third-order valence-electron chi connectivity index (χ3n) is 5.31. The second-order valence-corrected chi connectivity index (χ2v) is 7.57. The quantitative estimate of drug-likeness (QED) is 0.486. The normalized spacial score (nSPS) is 22.0. The maximum Gasteiger partial charge on any atom is 0.303 e. The van der Waals surface area contributed by atoms with Gasteiger partial charge in [0.1, 0.15) is 0 Å². The van der Waals surface area contributed by atoms with Gasteiger partial charge < -0.3 is 35.6 Å². The zero-order valence-electron chi connectivity index (χ0n) is 16.4. The second-order valence-electron chi connectivity index (χ2n) is 7.57. The van der Waals surface area contributed by atoms with Crippen LogP contribution in [0, 0.1) is 5.92 Å². The van der Waals surface area contributed by atoms with Gasteiger partial charge >= 0.3 is 5.97 Å². The average Bonchev–Trinajstić information content (AvgIpc) is 2.91. The van der Waals surface area contributed by atoms with Crippen LogP contribution < -0.4 is 20.5 Å². The molecule has 2 heterocycles. The van der Waals surface area contributed by atoms with Crippen molar-refractivity contribution in [3.8, 4) is 11.5 Å². The van der Waals surface area contributed by atoms with Crippen LogP contribution in [-0.2, 0) is 4.79 Å². The number of hydrogen-bond donors (Lipinski definition) is 4. The highest BCUT2D eigenvalue weighted by Gasteiger charge is 2.28. The Morgan fingerprint density at radius 2 is 2.07 bits per heavy atom. The number of carboxylic acid groups (broad SMARTS) is 1. The Bertz CT molecular complexity index is 741. The molecule has 160 valence electrons. The van der Waals surface area contributed by atoms with Crippen LogP contribution in [0.25, 0.3) is 0 Å². The molecule has 9 nitrogen and oxygen atoms in total. The summed E-state index contributed by atoms with van der Waals surface area (Å²) in [6, 6.07) is 3.23. The maximum absolute atomic E-state index is 12.8. The van der Waals surface area contributed by atoms with Crippen molar-refractivity contribution in [1.82, 2.24) is 10.2 Å². The maximum atomic E-state index is 12.8. The number of benzene rings is 1. The first-order valence-electron chi connectivity index (χ1n) is 10.0. The summed E-state index contributed by atoms with van der Waals surface area (Å²) in [5.74, 6) is -0.302. The number of aliphatic hydroxyl groups excluding tert-OH is 1. The summed E-state index contributed by atoms with van der Waals surface area (Å²) in [4.78, 5) is 25.4. The molecule has 0 radical (unpaired) electrons. The fourth-order valence-corrected chi connectivity index (χ4v) is 3.72. The number of anilines is 1. The van der Waals surface area contributed by atoms with E-state index in [2.05, 4.69) is 10.2 Å². The number of hydrogen-bond acceptors (Lipinski definition) is 7. The summed E-state index contributed by atoms with van der Waals surface area (Å²) in [5.41, 5.74) is 6.67. The molecule has 1 amide bonds. The highest BCUT2D eigenvalue weighted by atomic mass is 16.5. The predicted octanol–water partition coefficient (Wildman–Crippen LogP) is 0.707. The molecule has 0 bridgehead atoms. The molecule has 3 rings (SSSR count). The van der Waals surface area contributed by atoms with Crippen molar-refractivity contribution >= 4 is 17.6 Å². The highest BCUT2D eigenvalue weighted by molar-refractivity contribution is 5.98. The molecule has 1 fully saturated rings. The molecular weight excluding hydrogens is 378 g/mol. The van der Waals surface area contributed by atoms with Gasteiger partial charge in [0.2, 0.25) is 0 Å². The molecule has 9 heteroatoms. The smallest absolute Gasteiger partial charge is 0.303 e. The van der Waals surface area contributed by atoms with E-state index in [4.69, 9.17) is 20.3 Å². The van der Waals surface area contributed by atoms with Crippen LogP contribution in [0.3, 0.4) is 0 Å². The second kappa shape index (κ2) is 9.80. The largest absolute Gasteiger partial charge is 0.489 e. The van der Waals surface area contributed by atoms with Gasteiger partial charge in [0.25, 0.3) is 5.91 Å². The van der Waals surface area contributed by atoms with Crippen molar-refractivity contribution in [2.75, 3.05) is 45.1 Å². The van der Waals surface area contributed by atoms with Crippen LogP contribution in [0.15, 0.2) is 12.1 Å². The number of nitrogen functional groups attached to an aromatic ring is 1. The Balaban J connectivity index is 1.54. The van der Waals surface area contributed by atoms with Gasteiger partial charge in [0, 0.05) is 43.6 Å². The van der Waals surface area contributed by atoms with Gasteiger partial charge in [-0.15, -0.1) is 0 Å². The average molecular weight is 407 g/mol. The number of rotatable bonds is 7. The number of nitrogens with zero attached hydrogens (tertiary/aromatic N) is 1. The number of fused-ring (bicyclic) bond motifs is 1. The molecule has 0 saturated carbocycles. The summed E-state index contributed by atoms with van der Waals surface area (Å²) in [7, 11) is 0. The Morgan fingerprint density at radius 1 is 1.28 bits per heavy atom. The molecule has 0 spiro atoms. The van der Waals surface area contributed by atoms with Crippen LogP contribution >= 0.6 is 0 Å². The number of likely N-dealkylation sites (tertiary alicyclic amines) is 1. The van der Waals surface area contributed by atoms with Crippen molar-refractivity contribution in [1.29, 1.82) is 0 Å². The molecule has 0 aliphatic carbocycles. The first kappa shape index (κ1) is 21.2. The van der Waals surface area contributed by atoms with E-state index in [0.29, 0.717) is 62.0 Å². The first-order chi connectivity index (χ1) is 13.9. The van der Waals surface area contributed by atoms with E-state index in [1.807, 2.05) is 0 Å². The van der Waals surface area contributed by atoms with E-state index < -0.39 is 12.1 Å². The van der Waals surface area contributed by atoms with Gasteiger partial charge in [-0.05, 0) is 32.0 Å². The number of carbonyl (C=O) groups excluding carboxylic acids is 1. The zero-order chi connectivity index (χ0) is 20.8. The summed E-state index contributed by atoms with van der Waals surface area (Å²) in [6.45, 7) is 3.21. The lowest BCUT2D eigenvalue weighted by molar-refractivity contribution is -0.137. The Kier molecular flexibility index (Phi) is 7.16. The van der Waals surface area contributed by atoms with Gasteiger partial charge in [-0.3, -0.25) is 9.59 Å². The van der Waals surface area contributed by atoms with Crippen LogP contribution in [0.5, 0.6) is 11.5 Å². The number of aliphatic hydroxyl groups is 1. The molecule has 5 N–H and O–H groups in total. The number of nitrogens with one attached hydrogen (secondary N) is 1. The van der Waals surface area contributed by atoms with E-state index in [-0.39, 0.29) is 18.2 Å². The van der Waals surface area contributed by atoms with Gasteiger partial charge in [-0.2, -0.15) is 0 Å². The third kappa shape index (κ3) is 5.74. The number of piperidine rings is 1. The summed E-state index contributed by atoms with van der Waals surface area (Å²) in [5, 5.41) is 22.0. The molecular formula is C20H29N3O6. The van der Waals surface area contributed by atoms with Crippen LogP contribution in [0.2, 0.25) is 0 Å². The van der Waals surface area contributed by atoms with E-state index >= 15 is 0 Å². The lowest BCUT2D eigenvalue weighted by Gasteiger charge is -2.36. The van der Waals surface area contributed by atoms with Gasteiger partial charge in [0.05, 0.1) is 24.9 Å². The molecule has 1 unspecified atom stereocenters. The van der Waals surface area contributed by atoms with Crippen LogP contribution in [0.4, 0.5) is 5.69 Å². The molecule has 2 aliphatic rings. The number of β-amino-alcohol motifs (C(OH)–C–C–N with tert-alkyl or cyclic N) is 1. The number of amides is 1. The van der Waals surface area contributed by atoms with Crippen molar-refractivity contribution in [3.63, 3.8) is 0 Å². The molecule has 29 heavy (non-hydrogen) atoms. The van der Waals surface area contributed by atoms with E-state index in [9.17, 15) is 14.7 Å². The predicted molar refractivity (Wildman–Crippen MR) is 106 cm³/mol. The van der Waals surface area contributed by atoms with Crippen LogP contribution in [0.1, 0.15) is 36.0 Å². The molecule has 1 aromatic carbocycles. The van der Waals surface area contributed by atoms with E-state index in [1.54, 1.807) is 12.1 Å². The molecule has 1 aromatic rings. The lowest BCUT2D eigenvalue weighted by Crippen LogP contribution is -2.47. The van der Waals surface area contributed by atoms with Gasteiger partial charge in [0.15, 0.2) is 11.5 Å². The molecule has 0 aromatic heterocycles. The van der Waals surface area contributed by atoms with Gasteiger partial charge in [-0.25, -0.2) is 0 Å². The molecule has 2 aliphatic heterocycles. The number of carboxylic acids is 1. The minimum Gasteiger partial charge on any atom is -0.489 e. The van der Waals surface area contributed by atoms with Crippen LogP contribution in [-0.4, -0.2) is 72.5 Å². The number of ether oxygens (including phenoxy) is 2. The minimum absolute atomic E-state index is 0.0634. The monoisotopic (exact) mass is 407 g/mol. The lowest BCUT2D eigenvalue weighted by atomic mass is 9.93. The number of aliphatic carboxylic acids is 1. The molecule has 1 saturated heterocycles. The number of carbonyl (C=O) groups is 2. The fourth-order valence-electron chi connectivity index (χ4n) is 3.72. The van der Waals surface area contributed by atoms with Crippen molar-refractivity contribution in [3.05, 3.63) is 17.7 Å². The van der Waals surface area contributed by atoms with E-state index in [0.717, 1.165) is 19.4 Å². The highest BCUT2D eigenvalue weighted by Crippen LogP contribution is 2.35. The van der Waals surface area contributed by atoms with E-state index in [1.165, 1.54) is 0 Å². The molecule has 2 atom stereocenters. The van der Waals surface area contributed by atoms with Crippen molar-refractivity contribution < 1.29 is 29.3 Å². The SMILES string of the molecule is Nc1cc2c(c(C(=O)NC[C@@H]3CCN(CCCC(=O)O)CC3O)c1)OCCCO2. The standard InChI is InChI=1S/C20H29N3O6/c21-14-9-15(19-17(10-14)28-7-2-8-29-19)20(27)22-11-13-4-6-23(12-16(13)24)5-1-3-18(25)26/h9-10,13,16,24H,1-8,11-12,21H2,(H,22,27)(H,25,26)/t13-,16?/m0/s1. The number of nitrogens with two attached hydrogens (primary N) is 1.